The van der Waals surface area contributed by atoms with Crippen molar-refractivity contribution in [2.24, 2.45) is 0 Å². The van der Waals surface area contributed by atoms with E-state index < -0.39 is 31.4 Å². The van der Waals surface area contributed by atoms with Crippen LogP contribution in [0.25, 0.3) is 0 Å². The van der Waals surface area contributed by atoms with Gasteiger partial charge in [0.25, 0.3) is 0 Å². The number of benzene rings is 1. The van der Waals surface area contributed by atoms with Crippen molar-refractivity contribution < 1.29 is 22.5 Å². The van der Waals surface area contributed by atoms with Crippen LogP contribution in [0.4, 0.5) is 0 Å². The number of hydrogen-bond acceptors (Lipinski definition) is 4. The normalized spacial score (nSPS) is 14.1. The number of carboxylic acids is 1. The van der Waals surface area contributed by atoms with Crippen molar-refractivity contribution in [3.8, 4) is 0 Å². The summed E-state index contributed by atoms with van der Waals surface area (Å²) in [6, 6.07) is 2.23. The van der Waals surface area contributed by atoms with Crippen LogP contribution in [0.15, 0.2) is 21.9 Å². The van der Waals surface area contributed by atoms with E-state index in [2.05, 4.69) is 0 Å². The first-order chi connectivity index (χ1) is 8.87. The molecular weight excluding hydrogens is 324 g/mol. The molecule has 0 heterocycles. The molecule has 0 aromatic heterocycles. The van der Waals surface area contributed by atoms with Gasteiger partial charge in [-0.1, -0.05) is 11.6 Å². The van der Waals surface area contributed by atoms with Crippen molar-refractivity contribution in [3.05, 3.63) is 22.7 Å². The van der Waals surface area contributed by atoms with E-state index >= 15 is 0 Å². The summed E-state index contributed by atoms with van der Waals surface area (Å²) in [6.45, 7) is 4.96. The Morgan fingerprint density at radius 3 is 2.15 bits per heavy atom. The molecule has 1 unspecified atom stereocenters. The van der Waals surface area contributed by atoms with E-state index in [0.29, 0.717) is 0 Å². The van der Waals surface area contributed by atoms with Crippen molar-refractivity contribution in [2.75, 3.05) is 6.26 Å². The second-order valence-electron chi connectivity index (χ2n) is 5.21. The number of sulfone groups is 1. The summed E-state index contributed by atoms with van der Waals surface area (Å²) in [5, 5.41) is 8.74. The van der Waals surface area contributed by atoms with Crippen molar-refractivity contribution in [3.63, 3.8) is 0 Å². The monoisotopic (exact) mass is 338 g/mol. The first kappa shape index (κ1) is 17.1. The maximum atomic E-state index is 12.5. The molecule has 112 valence electrons. The molecule has 0 fully saturated rings. The summed E-state index contributed by atoms with van der Waals surface area (Å²) in [5.41, 5.74) is -0.272. The SMILES string of the molecule is CC(C)(C)S(=O)c1c(S(C)(=O)=O)ccc(C(=O)O)c1Cl. The molecule has 20 heavy (non-hydrogen) atoms. The fraction of sp³-hybridized carbons (Fsp3) is 0.417. The van der Waals surface area contributed by atoms with E-state index in [1.54, 1.807) is 20.8 Å². The van der Waals surface area contributed by atoms with Gasteiger partial charge in [0.15, 0.2) is 9.84 Å². The Kier molecular flexibility index (Phi) is 4.68. The molecule has 0 radical (unpaired) electrons. The van der Waals surface area contributed by atoms with Gasteiger partial charge >= 0.3 is 5.97 Å². The number of carbonyl (C=O) groups is 1. The highest BCUT2D eigenvalue weighted by atomic mass is 35.5. The van der Waals surface area contributed by atoms with Crippen molar-refractivity contribution in [2.45, 2.75) is 35.3 Å². The lowest BCUT2D eigenvalue weighted by Gasteiger charge is -2.21. The largest absolute Gasteiger partial charge is 0.478 e. The lowest BCUT2D eigenvalue weighted by Crippen LogP contribution is -2.24. The molecule has 5 nitrogen and oxygen atoms in total. The van der Waals surface area contributed by atoms with Gasteiger partial charge in [0, 0.05) is 11.0 Å². The number of hydrogen-bond donors (Lipinski definition) is 1. The van der Waals surface area contributed by atoms with E-state index in [1.807, 2.05) is 0 Å². The van der Waals surface area contributed by atoms with Crippen LogP contribution in [-0.2, 0) is 20.6 Å². The Balaban J connectivity index is 3.81. The highest BCUT2D eigenvalue weighted by Crippen LogP contribution is 2.34. The van der Waals surface area contributed by atoms with Gasteiger partial charge in [-0.05, 0) is 32.9 Å². The summed E-state index contributed by atoms with van der Waals surface area (Å²) in [7, 11) is -5.45. The second kappa shape index (κ2) is 5.46. The standard InChI is InChI=1S/C12H15ClO5S2/c1-12(2,3)19(16)10-8(20(4,17)18)6-5-7(9(10)13)11(14)15/h5-6H,1-4H3,(H,14,15). The Bertz CT molecular complexity index is 687. The third-order valence-corrected chi connectivity index (χ3v) is 6.11. The molecule has 1 aromatic rings. The maximum Gasteiger partial charge on any atom is 0.337 e. The molecule has 1 atom stereocenters. The van der Waals surface area contributed by atoms with Crippen LogP contribution in [0.1, 0.15) is 31.1 Å². The van der Waals surface area contributed by atoms with Crippen LogP contribution >= 0.6 is 11.6 Å². The molecule has 0 spiro atoms. The van der Waals surface area contributed by atoms with Gasteiger partial charge in [0.2, 0.25) is 0 Å². The second-order valence-corrected chi connectivity index (χ2v) is 9.75. The maximum absolute atomic E-state index is 12.5. The molecule has 0 bridgehead atoms. The fourth-order valence-electron chi connectivity index (χ4n) is 1.47. The molecule has 8 heteroatoms. The van der Waals surface area contributed by atoms with Crippen LogP contribution in [0.3, 0.4) is 0 Å². The van der Waals surface area contributed by atoms with Gasteiger partial charge < -0.3 is 5.11 Å². The highest BCUT2D eigenvalue weighted by molar-refractivity contribution is 7.92. The Hall–Kier alpha value is -0.920. The summed E-state index contributed by atoms with van der Waals surface area (Å²) < 4.78 is 35.3. The summed E-state index contributed by atoms with van der Waals surface area (Å²) in [4.78, 5) is 10.7. The average molecular weight is 339 g/mol. The number of halogens is 1. The smallest absolute Gasteiger partial charge is 0.337 e. The van der Waals surface area contributed by atoms with Crippen LogP contribution < -0.4 is 0 Å². The number of aromatic carboxylic acids is 1. The molecule has 1 rings (SSSR count). The lowest BCUT2D eigenvalue weighted by molar-refractivity contribution is 0.0696. The van der Waals surface area contributed by atoms with Gasteiger partial charge in [-0.3, -0.25) is 4.21 Å². The third kappa shape index (κ3) is 3.39. The zero-order valence-corrected chi connectivity index (χ0v) is 13.8. The minimum atomic E-state index is -3.67. The van der Waals surface area contributed by atoms with Crippen molar-refractivity contribution in [1.82, 2.24) is 0 Å². The van der Waals surface area contributed by atoms with E-state index in [9.17, 15) is 17.4 Å². The van der Waals surface area contributed by atoms with Gasteiger partial charge in [0.05, 0.1) is 31.2 Å². The average Bonchev–Trinajstić information content (AvgIpc) is 2.24. The molecule has 0 aliphatic heterocycles. The first-order valence-electron chi connectivity index (χ1n) is 5.55. The van der Waals surface area contributed by atoms with Gasteiger partial charge in [0.1, 0.15) is 0 Å². The number of carboxylic acid groups (broad SMARTS) is 1. The fourth-order valence-corrected chi connectivity index (χ4v) is 4.56. The summed E-state index contributed by atoms with van der Waals surface area (Å²) in [5.74, 6) is -1.30. The quantitative estimate of drug-likeness (QED) is 0.913. The highest BCUT2D eigenvalue weighted by Gasteiger charge is 2.31. The van der Waals surface area contributed by atoms with Crippen molar-refractivity contribution in [1.29, 1.82) is 0 Å². The Morgan fingerprint density at radius 2 is 1.80 bits per heavy atom. The zero-order valence-electron chi connectivity index (χ0n) is 11.4. The Labute approximate surface area is 125 Å². The number of rotatable bonds is 3. The van der Waals surface area contributed by atoms with Crippen molar-refractivity contribution >= 4 is 38.2 Å². The molecule has 1 N–H and O–H groups in total. The molecular formula is C12H15ClO5S2. The predicted octanol–water partition coefficient (Wildman–Crippen LogP) is 2.35. The van der Waals surface area contributed by atoms with E-state index in [0.717, 1.165) is 18.4 Å². The first-order valence-corrected chi connectivity index (χ1v) is 8.97. The van der Waals surface area contributed by atoms with Gasteiger partial charge in [-0.25, -0.2) is 13.2 Å². The van der Waals surface area contributed by atoms with E-state index in [-0.39, 0.29) is 20.4 Å². The summed E-state index contributed by atoms with van der Waals surface area (Å²) >= 11 is 5.98. The molecule has 0 aliphatic carbocycles. The molecule has 0 saturated carbocycles. The minimum Gasteiger partial charge on any atom is -0.478 e. The van der Waals surface area contributed by atoms with Crippen LogP contribution in [0, 0.1) is 0 Å². The van der Waals surface area contributed by atoms with Gasteiger partial charge in [-0.2, -0.15) is 0 Å². The van der Waals surface area contributed by atoms with Crippen LogP contribution in [0.5, 0.6) is 0 Å². The topological polar surface area (TPSA) is 88.5 Å². The van der Waals surface area contributed by atoms with Crippen LogP contribution in [-0.4, -0.2) is 34.7 Å². The van der Waals surface area contributed by atoms with E-state index in [1.165, 1.54) is 0 Å². The lowest BCUT2D eigenvalue weighted by atomic mass is 10.2. The minimum absolute atomic E-state index is 0.151. The molecule has 1 aromatic carbocycles. The molecule has 0 saturated heterocycles. The molecule has 0 amide bonds. The molecule has 0 aliphatic rings. The Morgan fingerprint density at radius 1 is 1.30 bits per heavy atom. The summed E-state index contributed by atoms with van der Waals surface area (Å²) in [6.07, 6.45) is 0.961. The van der Waals surface area contributed by atoms with E-state index in [4.69, 9.17) is 16.7 Å². The van der Waals surface area contributed by atoms with Gasteiger partial charge in [-0.15, -0.1) is 0 Å². The predicted molar refractivity (Wildman–Crippen MR) is 77.7 cm³/mol. The zero-order chi connectivity index (χ0) is 15.9. The van der Waals surface area contributed by atoms with Crippen LogP contribution in [0.2, 0.25) is 5.02 Å². The third-order valence-electron chi connectivity index (χ3n) is 2.43.